The molecule has 1 aliphatic heterocycles. The zero-order valence-electron chi connectivity index (χ0n) is 26.1. The van der Waals surface area contributed by atoms with Gasteiger partial charge in [0.1, 0.15) is 35.4 Å². The SMILES string of the molecule is COc1ccc(C(OC[C@H]2O[C@@H](n3ccc(=O)[nH]c3=O)[C@H](OCC(C)(C)C)[C@@H]2O)(c2ccccc2)c2ccc(OC)cc2)cc1. The predicted octanol–water partition coefficient (Wildman–Crippen LogP) is 4.25. The van der Waals surface area contributed by atoms with E-state index >= 15 is 0 Å². The first-order valence-electron chi connectivity index (χ1n) is 14.8. The van der Waals surface area contributed by atoms with E-state index in [-0.39, 0.29) is 12.0 Å². The number of benzene rings is 3. The fraction of sp³-hybridized carbons (Fsp3) is 0.371. The molecule has 1 aromatic heterocycles. The van der Waals surface area contributed by atoms with E-state index in [1.807, 2.05) is 99.6 Å². The number of ether oxygens (including phenoxy) is 5. The highest BCUT2D eigenvalue weighted by molar-refractivity contribution is 5.49. The molecule has 10 heteroatoms. The van der Waals surface area contributed by atoms with Crippen LogP contribution in [0.15, 0.2) is 101 Å². The van der Waals surface area contributed by atoms with Crippen LogP contribution < -0.4 is 20.7 Å². The molecule has 0 amide bonds. The maximum atomic E-state index is 12.8. The highest BCUT2D eigenvalue weighted by atomic mass is 16.6. The van der Waals surface area contributed by atoms with E-state index < -0.39 is 41.4 Å². The molecule has 238 valence electrons. The summed E-state index contributed by atoms with van der Waals surface area (Å²) >= 11 is 0. The van der Waals surface area contributed by atoms with Crippen LogP contribution in [0.1, 0.15) is 43.7 Å². The van der Waals surface area contributed by atoms with Gasteiger partial charge in [-0.3, -0.25) is 14.3 Å². The third-order valence-corrected chi connectivity index (χ3v) is 7.78. The van der Waals surface area contributed by atoms with Crippen molar-refractivity contribution in [3.05, 3.63) is 129 Å². The van der Waals surface area contributed by atoms with Crippen LogP contribution in [0, 0.1) is 5.41 Å². The smallest absolute Gasteiger partial charge is 0.330 e. The van der Waals surface area contributed by atoms with Crippen molar-refractivity contribution >= 4 is 0 Å². The summed E-state index contributed by atoms with van der Waals surface area (Å²) in [5.41, 5.74) is -0.0736. The number of rotatable bonds is 11. The lowest BCUT2D eigenvalue weighted by Crippen LogP contribution is -2.41. The predicted molar refractivity (Wildman–Crippen MR) is 169 cm³/mol. The summed E-state index contributed by atoms with van der Waals surface area (Å²) < 4.78 is 31.6. The molecule has 0 radical (unpaired) electrons. The van der Waals surface area contributed by atoms with Crippen LogP contribution in [0.5, 0.6) is 11.5 Å². The Bertz CT molecular complexity index is 1610. The average molecular weight is 617 g/mol. The van der Waals surface area contributed by atoms with E-state index in [2.05, 4.69) is 4.98 Å². The van der Waals surface area contributed by atoms with Gasteiger partial charge in [-0.1, -0.05) is 75.4 Å². The third kappa shape index (κ3) is 6.89. The van der Waals surface area contributed by atoms with Gasteiger partial charge in [0.2, 0.25) is 0 Å². The number of aliphatic hydroxyl groups is 1. The van der Waals surface area contributed by atoms with Crippen molar-refractivity contribution in [2.75, 3.05) is 27.4 Å². The van der Waals surface area contributed by atoms with Crippen LogP contribution >= 0.6 is 0 Å². The first-order chi connectivity index (χ1) is 21.6. The molecule has 2 heterocycles. The summed E-state index contributed by atoms with van der Waals surface area (Å²) in [5.74, 6) is 1.39. The molecule has 1 saturated heterocycles. The van der Waals surface area contributed by atoms with E-state index in [9.17, 15) is 14.7 Å². The minimum atomic E-state index is -1.16. The number of nitrogens with one attached hydrogen (secondary N) is 1. The number of hydrogen-bond acceptors (Lipinski definition) is 8. The number of nitrogens with zero attached hydrogens (tertiary/aromatic N) is 1. The van der Waals surface area contributed by atoms with E-state index in [1.54, 1.807) is 14.2 Å². The number of hydrogen-bond donors (Lipinski definition) is 2. The fourth-order valence-corrected chi connectivity index (χ4v) is 5.52. The lowest BCUT2D eigenvalue weighted by Gasteiger charge is -2.37. The van der Waals surface area contributed by atoms with Gasteiger partial charge in [-0.05, 0) is 46.4 Å². The summed E-state index contributed by atoms with van der Waals surface area (Å²) in [4.78, 5) is 26.9. The van der Waals surface area contributed by atoms with Gasteiger partial charge in [0, 0.05) is 12.3 Å². The van der Waals surface area contributed by atoms with Crippen LogP contribution in [0.3, 0.4) is 0 Å². The van der Waals surface area contributed by atoms with Gasteiger partial charge in [-0.15, -0.1) is 0 Å². The standard InChI is InChI=1S/C35H40N2O8/c1-34(2,3)22-43-31-30(39)28(45-32(31)37-20-19-29(38)36-33(37)40)21-44-35(23-9-7-6-8-10-23,24-11-15-26(41-4)16-12-24)25-13-17-27(42-5)18-14-25/h6-20,28,30-32,39H,21-22H2,1-5H3,(H,36,38,40)/t28-,30-,31-,32-/m1/s1. The number of aliphatic hydroxyl groups excluding tert-OH is 1. The van der Waals surface area contributed by atoms with Crippen molar-refractivity contribution in [2.45, 2.75) is 50.9 Å². The quantitative estimate of drug-likeness (QED) is 0.240. The van der Waals surface area contributed by atoms with Gasteiger partial charge < -0.3 is 28.8 Å². The molecule has 0 saturated carbocycles. The molecule has 0 bridgehead atoms. The molecule has 1 aliphatic rings. The summed E-state index contributed by atoms with van der Waals surface area (Å²) in [7, 11) is 3.22. The van der Waals surface area contributed by atoms with Crippen LogP contribution in [-0.4, -0.2) is 60.4 Å². The Morgan fingerprint density at radius 1 is 0.822 bits per heavy atom. The lowest BCUT2D eigenvalue weighted by molar-refractivity contribution is -0.101. The fourth-order valence-electron chi connectivity index (χ4n) is 5.52. The first-order valence-corrected chi connectivity index (χ1v) is 14.8. The van der Waals surface area contributed by atoms with Crippen molar-refractivity contribution in [2.24, 2.45) is 5.41 Å². The van der Waals surface area contributed by atoms with Gasteiger partial charge in [-0.2, -0.15) is 0 Å². The molecular formula is C35H40N2O8. The number of aromatic amines is 1. The van der Waals surface area contributed by atoms with Gasteiger partial charge in [0.05, 0.1) is 27.4 Å². The summed E-state index contributed by atoms with van der Waals surface area (Å²) in [5, 5.41) is 11.6. The van der Waals surface area contributed by atoms with Gasteiger partial charge in [0.15, 0.2) is 6.23 Å². The Balaban J connectivity index is 1.56. The maximum absolute atomic E-state index is 12.8. The average Bonchev–Trinajstić information content (AvgIpc) is 3.35. The Kier molecular flexibility index (Phi) is 9.59. The molecule has 10 nitrogen and oxygen atoms in total. The second kappa shape index (κ2) is 13.4. The first kappa shape index (κ1) is 32.2. The van der Waals surface area contributed by atoms with Crippen LogP contribution in [-0.2, 0) is 19.8 Å². The van der Waals surface area contributed by atoms with Gasteiger partial charge in [-0.25, -0.2) is 4.79 Å². The number of aromatic nitrogens is 2. The van der Waals surface area contributed by atoms with E-state index in [0.717, 1.165) is 16.7 Å². The molecule has 5 rings (SSSR count). The second-order valence-electron chi connectivity index (χ2n) is 12.2. The second-order valence-corrected chi connectivity index (χ2v) is 12.2. The van der Waals surface area contributed by atoms with E-state index in [1.165, 1.54) is 16.8 Å². The Labute approximate surface area is 262 Å². The van der Waals surface area contributed by atoms with E-state index in [4.69, 9.17) is 23.7 Å². The monoisotopic (exact) mass is 616 g/mol. The minimum absolute atomic E-state index is 0.0713. The molecule has 4 atom stereocenters. The highest BCUT2D eigenvalue weighted by Gasteiger charge is 2.48. The number of H-pyrrole nitrogens is 1. The van der Waals surface area contributed by atoms with Crippen molar-refractivity contribution < 1.29 is 28.8 Å². The third-order valence-electron chi connectivity index (χ3n) is 7.78. The molecule has 0 aliphatic carbocycles. The van der Waals surface area contributed by atoms with E-state index in [0.29, 0.717) is 18.1 Å². The summed E-state index contributed by atoms with van der Waals surface area (Å²) in [6.07, 6.45) is -2.62. The summed E-state index contributed by atoms with van der Waals surface area (Å²) in [6.45, 7) is 6.25. The van der Waals surface area contributed by atoms with Gasteiger partial charge >= 0.3 is 5.69 Å². The summed E-state index contributed by atoms with van der Waals surface area (Å²) in [6, 6.07) is 26.3. The maximum Gasteiger partial charge on any atom is 0.330 e. The zero-order chi connectivity index (χ0) is 32.2. The van der Waals surface area contributed by atoms with Crippen LogP contribution in [0.2, 0.25) is 0 Å². The van der Waals surface area contributed by atoms with Gasteiger partial charge in [0.25, 0.3) is 5.56 Å². The van der Waals surface area contributed by atoms with Crippen molar-refractivity contribution in [3.8, 4) is 11.5 Å². The molecule has 0 unspecified atom stereocenters. The Morgan fingerprint density at radius 3 is 1.89 bits per heavy atom. The zero-order valence-corrected chi connectivity index (χ0v) is 26.1. The molecule has 3 aromatic carbocycles. The lowest BCUT2D eigenvalue weighted by atomic mass is 9.80. The normalized spacial score (nSPS) is 20.2. The topological polar surface area (TPSA) is 121 Å². The molecule has 0 spiro atoms. The largest absolute Gasteiger partial charge is 0.497 e. The molecular weight excluding hydrogens is 576 g/mol. The molecule has 45 heavy (non-hydrogen) atoms. The molecule has 4 aromatic rings. The highest BCUT2D eigenvalue weighted by Crippen LogP contribution is 2.43. The Morgan fingerprint density at radius 2 is 1.38 bits per heavy atom. The van der Waals surface area contributed by atoms with Crippen LogP contribution in [0.25, 0.3) is 0 Å². The van der Waals surface area contributed by atoms with Crippen molar-refractivity contribution in [1.82, 2.24) is 9.55 Å². The van der Waals surface area contributed by atoms with Crippen LogP contribution in [0.4, 0.5) is 0 Å². The number of methoxy groups -OCH3 is 2. The minimum Gasteiger partial charge on any atom is -0.497 e. The Hall–Kier alpha value is -4.22. The van der Waals surface area contributed by atoms with Crippen molar-refractivity contribution in [3.63, 3.8) is 0 Å². The molecule has 1 fully saturated rings. The van der Waals surface area contributed by atoms with Crippen molar-refractivity contribution in [1.29, 1.82) is 0 Å². The molecule has 2 N–H and O–H groups in total.